The third-order valence-corrected chi connectivity index (χ3v) is 8.26. The van der Waals surface area contributed by atoms with Crippen LogP contribution in [0.1, 0.15) is 43.6 Å². The molecule has 0 radical (unpaired) electrons. The van der Waals surface area contributed by atoms with Crippen molar-refractivity contribution in [3.63, 3.8) is 0 Å². The number of halogens is 1. The fourth-order valence-electron chi connectivity index (χ4n) is 6.08. The van der Waals surface area contributed by atoms with E-state index in [1.165, 1.54) is 18.6 Å². The van der Waals surface area contributed by atoms with Gasteiger partial charge < -0.3 is 18.9 Å². The topological polar surface area (TPSA) is 73.7 Å². The van der Waals surface area contributed by atoms with Crippen LogP contribution in [-0.2, 0) is 20.9 Å². The number of carbonyl (C=O) groups excluding carboxylic acids is 2. The van der Waals surface area contributed by atoms with Crippen LogP contribution < -0.4 is 4.74 Å². The van der Waals surface area contributed by atoms with Crippen molar-refractivity contribution in [3.05, 3.63) is 84.7 Å². The van der Waals surface area contributed by atoms with Gasteiger partial charge in [-0.1, -0.05) is 38.0 Å². The average Bonchev–Trinajstić information content (AvgIpc) is 3.38. The predicted octanol–water partition coefficient (Wildman–Crippen LogP) is 6.51. The second-order valence-corrected chi connectivity index (χ2v) is 10.9. The minimum atomic E-state index is -0.564. The molecule has 1 aliphatic heterocycles. The van der Waals surface area contributed by atoms with Gasteiger partial charge in [0.2, 0.25) is 11.8 Å². The largest absolute Gasteiger partial charge is 0.406 e. The Hall–Kier alpha value is -4.30. The van der Waals surface area contributed by atoms with Crippen LogP contribution in [0.4, 0.5) is 4.39 Å². The van der Waals surface area contributed by atoms with Crippen molar-refractivity contribution in [1.82, 2.24) is 14.5 Å². The first-order valence-corrected chi connectivity index (χ1v) is 14.6. The lowest BCUT2D eigenvalue weighted by molar-refractivity contribution is -0.136. The van der Waals surface area contributed by atoms with E-state index in [0.29, 0.717) is 38.1 Å². The van der Waals surface area contributed by atoms with Crippen molar-refractivity contribution in [3.8, 4) is 28.4 Å². The third kappa shape index (κ3) is 5.85. The van der Waals surface area contributed by atoms with Gasteiger partial charge in [0, 0.05) is 36.2 Å². The number of hydrogen-bond acceptors (Lipinski definition) is 5. The maximum Gasteiger partial charge on any atom is 0.336 e. The van der Waals surface area contributed by atoms with Crippen molar-refractivity contribution in [2.45, 2.75) is 44.6 Å². The first kappa shape index (κ1) is 27.8. The molecule has 6 rings (SSSR count). The van der Waals surface area contributed by atoms with Gasteiger partial charge in [-0.3, -0.25) is 4.79 Å². The molecule has 3 heterocycles. The fourth-order valence-corrected chi connectivity index (χ4v) is 6.08. The highest BCUT2D eigenvalue weighted by Gasteiger charge is 2.28. The molecule has 8 heteroatoms. The van der Waals surface area contributed by atoms with Gasteiger partial charge in [-0.2, -0.15) is 0 Å². The summed E-state index contributed by atoms with van der Waals surface area (Å²) in [6.45, 7) is 5.69. The molecule has 0 atom stereocenters. The first-order chi connectivity index (χ1) is 20.5. The van der Waals surface area contributed by atoms with Crippen LogP contribution in [0.25, 0.3) is 33.4 Å². The average molecular weight is 568 g/mol. The van der Waals surface area contributed by atoms with Crippen LogP contribution in [0.3, 0.4) is 0 Å². The van der Waals surface area contributed by atoms with Gasteiger partial charge in [0.1, 0.15) is 12.4 Å². The standard InChI is InChI=1S/C34H34FN3O4/c1-2-33(40)42-32-21-28(23-6-4-3-5-7-23)34(38(32)22-31(39)37-16-18-41-19-17-37)26-11-15-30-25(20-26)10-14-29(36-30)24-8-12-27(35)13-9-24/h2,8-15,20-21,23H,1,3-7,16-19,22H2. The minimum absolute atomic E-state index is 0.0433. The Morgan fingerprint density at radius 1 is 0.976 bits per heavy atom. The van der Waals surface area contributed by atoms with Gasteiger partial charge in [-0.05, 0) is 72.4 Å². The van der Waals surface area contributed by atoms with Gasteiger partial charge in [0.15, 0.2) is 0 Å². The Balaban J connectivity index is 1.45. The van der Waals surface area contributed by atoms with Gasteiger partial charge in [-0.15, -0.1) is 0 Å². The summed E-state index contributed by atoms with van der Waals surface area (Å²) in [4.78, 5) is 32.5. The smallest absolute Gasteiger partial charge is 0.336 e. The Kier molecular flexibility index (Phi) is 8.15. The number of fused-ring (bicyclic) bond motifs is 1. The maximum atomic E-state index is 13.5. The van der Waals surface area contributed by atoms with E-state index in [0.717, 1.165) is 70.7 Å². The summed E-state index contributed by atoms with van der Waals surface area (Å²) in [6.07, 6.45) is 6.70. The zero-order valence-corrected chi connectivity index (χ0v) is 23.6. The highest BCUT2D eigenvalue weighted by atomic mass is 19.1. The van der Waals surface area contributed by atoms with Crippen LogP contribution >= 0.6 is 0 Å². The quantitative estimate of drug-likeness (QED) is 0.188. The monoisotopic (exact) mass is 567 g/mol. The lowest BCUT2D eigenvalue weighted by atomic mass is 9.83. The molecule has 1 aliphatic carbocycles. The molecule has 42 heavy (non-hydrogen) atoms. The summed E-state index contributed by atoms with van der Waals surface area (Å²) >= 11 is 0. The second kappa shape index (κ2) is 12.3. The zero-order valence-electron chi connectivity index (χ0n) is 23.6. The van der Waals surface area contributed by atoms with Crippen molar-refractivity contribution in [1.29, 1.82) is 0 Å². The maximum absolute atomic E-state index is 13.5. The number of hydrogen-bond donors (Lipinski definition) is 0. The summed E-state index contributed by atoms with van der Waals surface area (Å²) in [5.74, 6) is -0.254. The molecular formula is C34H34FN3O4. The normalized spacial score (nSPS) is 16.0. The molecule has 2 aliphatic rings. The van der Waals surface area contributed by atoms with Crippen molar-refractivity contribution < 1.29 is 23.5 Å². The lowest BCUT2D eigenvalue weighted by Crippen LogP contribution is -2.42. The molecule has 2 fully saturated rings. The fraction of sp³-hybridized carbons (Fsp3) is 0.324. The molecule has 216 valence electrons. The number of morpholine rings is 1. The molecule has 0 spiro atoms. The van der Waals surface area contributed by atoms with Crippen LogP contribution in [0, 0.1) is 5.82 Å². The Bertz CT molecular complexity index is 1620. The molecule has 1 amide bonds. The van der Waals surface area contributed by atoms with E-state index in [1.807, 2.05) is 34.9 Å². The summed E-state index contributed by atoms with van der Waals surface area (Å²) in [5.41, 5.74) is 5.31. The van der Waals surface area contributed by atoms with Gasteiger partial charge in [-0.25, -0.2) is 14.2 Å². The number of amides is 1. The highest BCUT2D eigenvalue weighted by molar-refractivity contribution is 5.88. The van der Waals surface area contributed by atoms with Crippen LogP contribution in [0.5, 0.6) is 5.88 Å². The Labute approximate surface area is 244 Å². The minimum Gasteiger partial charge on any atom is -0.406 e. The molecule has 0 bridgehead atoms. The van der Waals surface area contributed by atoms with E-state index in [4.69, 9.17) is 14.5 Å². The lowest BCUT2D eigenvalue weighted by Gasteiger charge is -2.28. The first-order valence-electron chi connectivity index (χ1n) is 14.6. The highest BCUT2D eigenvalue weighted by Crippen LogP contribution is 2.43. The zero-order chi connectivity index (χ0) is 29.1. The van der Waals surface area contributed by atoms with Crippen LogP contribution in [0.15, 0.2) is 73.3 Å². The number of ether oxygens (including phenoxy) is 2. The van der Waals surface area contributed by atoms with E-state index in [1.54, 1.807) is 17.0 Å². The number of aromatic nitrogens is 2. The number of benzene rings is 2. The predicted molar refractivity (Wildman–Crippen MR) is 160 cm³/mol. The molecule has 2 aromatic heterocycles. The number of esters is 1. The van der Waals surface area contributed by atoms with E-state index >= 15 is 0 Å². The molecular weight excluding hydrogens is 533 g/mol. The van der Waals surface area contributed by atoms with Gasteiger partial charge in [0.05, 0.1) is 30.1 Å². The number of nitrogens with zero attached hydrogens (tertiary/aromatic N) is 3. The van der Waals surface area contributed by atoms with E-state index in [-0.39, 0.29) is 18.3 Å². The number of pyridine rings is 1. The Morgan fingerprint density at radius 3 is 2.45 bits per heavy atom. The van der Waals surface area contributed by atoms with Gasteiger partial charge >= 0.3 is 5.97 Å². The summed E-state index contributed by atoms with van der Waals surface area (Å²) in [7, 11) is 0. The van der Waals surface area contributed by atoms with Crippen molar-refractivity contribution in [2.75, 3.05) is 26.3 Å². The number of rotatable bonds is 7. The second-order valence-electron chi connectivity index (χ2n) is 10.9. The van der Waals surface area contributed by atoms with E-state index < -0.39 is 5.97 Å². The summed E-state index contributed by atoms with van der Waals surface area (Å²) in [6, 6.07) is 18.2. The van der Waals surface area contributed by atoms with E-state index in [9.17, 15) is 14.0 Å². The van der Waals surface area contributed by atoms with Crippen molar-refractivity contribution >= 4 is 22.8 Å². The molecule has 1 saturated carbocycles. The molecule has 1 saturated heterocycles. The number of carbonyl (C=O) groups is 2. The van der Waals surface area contributed by atoms with E-state index in [2.05, 4.69) is 12.6 Å². The van der Waals surface area contributed by atoms with Crippen LogP contribution in [0.2, 0.25) is 0 Å². The molecule has 2 aromatic carbocycles. The van der Waals surface area contributed by atoms with Crippen molar-refractivity contribution in [2.24, 2.45) is 0 Å². The Morgan fingerprint density at radius 2 is 1.71 bits per heavy atom. The molecule has 0 unspecified atom stereocenters. The third-order valence-electron chi connectivity index (χ3n) is 8.26. The van der Waals surface area contributed by atoms with Gasteiger partial charge in [0.25, 0.3) is 0 Å². The summed E-state index contributed by atoms with van der Waals surface area (Å²) in [5, 5.41) is 0.935. The van der Waals surface area contributed by atoms with Crippen LogP contribution in [-0.4, -0.2) is 52.6 Å². The SMILES string of the molecule is C=CC(=O)Oc1cc(C2CCCCC2)c(-c2ccc3nc(-c4ccc(F)cc4)ccc3c2)n1CC(=O)N1CCOCC1. The summed E-state index contributed by atoms with van der Waals surface area (Å²) < 4.78 is 26.5. The molecule has 7 nitrogen and oxygen atoms in total. The molecule has 0 N–H and O–H groups in total. The molecule has 4 aromatic rings.